The Morgan fingerprint density at radius 2 is 1.07 bits per heavy atom. The average Bonchev–Trinajstić information content (AvgIpc) is 2.57. The molecular weight excluding hydrogens is 408 g/mol. The molecule has 0 rings (SSSR count). The highest BCUT2D eigenvalue weighted by Gasteiger charge is 2.80. The molecule has 0 saturated carbocycles. The first-order valence-electron chi connectivity index (χ1n) is 8.47. The molecule has 0 radical (unpaired) electrons. The molecule has 0 aromatic rings. The normalized spacial score (nSPS) is 15.3. The summed E-state index contributed by atoms with van der Waals surface area (Å²) in [5.41, 5.74) is 0. The predicted octanol–water partition coefficient (Wildman–Crippen LogP) is 4.76. The van der Waals surface area contributed by atoms with E-state index in [1.165, 1.54) is 21.0 Å². The molecule has 0 N–H and O–H groups in total. The molecule has 0 fully saturated rings. The van der Waals surface area contributed by atoms with E-state index in [2.05, 4.69) is 9.47 Å². The summed E-state index contributed by atoms with van der Waals surface area (Å²) in [7, 11) is 1.46. The highest BCUT2D eigenvalue weighted by Crippen LogP contribution is 2.52. The molecule has 0 bridgehead atoms. The molecule has 0 aliphatic heterocycles. The van der Waals surface area contributed by atoms with Gasteiger partial charge in [-0.1, -0.05) is 0 Å². The average molecular weight is 434 g/mol. The fourth-order valence-corrected chi connectivity index (χ4v) is 1.78. The van der Waals surface area contributed by atoms with Crippen LogP contribution in [0.25, 0.3) is 0 Å². The van der Waals surface area contributed by atoms with E-state index < -0.39 is 49.3 Å². The number of ether oxygens (including phenoxy) is 4. The Labute approximate surface area is 158 Å². The molecule has 1 unspecified atom stereocenters. The third-order valence-corrected chi connectivity index (χ3v) is 3.51. The third kappa shape index (κ3) is 7.27. The highest BCUT2D eigenvalue weighted by molar-refractivity contribution is 5.03. The monoisotopic (exact) mass is 434 g/mol. The van der Waals surface area contributed by atoms with Gasteiger partial charge < -0.3 is 18.9 Å². The van der Waals surface area contributed by atoms with Crippen molar-refractivity contribution in [1.29, 1.82) is 0 Å². The van der Waals surface area contributed by atoms with Crippen molar-refractivity contribution in [3.05, 3.63) is 0 Å². The van der Waals surface area contributed by atoms with Crippen LogP contribution in [0.3, 0.4) is 0 Å². The first-order valence-corrected chi connectivity index (χ1v) is 8.47. The predicted molar refractivity (Wildman–Crippen MR) is 83.4 cm³/mol. The summed E-state index contributed by atoms with van der Waals surface area (Å²) in [5.74, 6) is -23.9. The summed E-state index contributed by atoms with van der Waals surface area (Å²) in [6.45, 7) is -0.522. The van der Waals surface area contributed by atoms with Gasteiger partial charge in [-0.05, 0) is 33.6 Å². The van der Waals surface area contributed by atoms with E-state index >= 15 is 0 Å². The summed E-state index contributed by atoms with van der Waals surface area (Å²) in [4.78, 5) is 0. The molecule has 12 heteroatoms. The highest BCUT2D eigenvalue weighted by atomic mass is 19.4. The first-order chi connectivity index (χ1) is 12.6. The largest absolute Gasteiger partial charge is 0.385 e. The maximum Gasteiger partial charge on any atom is 0.380 e. The van der Waals surface area contributed by atoms with Crippen LogP contribution >= 0.6 is 0 Å². The second kappa shape index (κ2) is 10.9. The Bertz CT molecular complexity index is 446. The zero-order valence-corrected chi connectivity index (χ0v) is 16.1. The summed E-state index contributed by atoms with van der Waals surface area (Å²) in [6.07, 6.45) is -1.44. The maximum absolute atomic E-state index is 13.7. The van der Waals surface area contributed by atoms with Crippen molar-refractivity contribution in [2.24, 2.45) is 0 Å². The van der Waals surface area contributed by atoms with Crippen molar-refractivity contribution in [3.8, 4) is 0 Å². The van der Waals surface area contributed by atoms with Gasteiger partial charge in [0, 0.05) is 20.3 Å². The molecule has 170 valence electrons. The van der Waals surface area contributed by atoms with Gasteiger partial charge in [0.1, 0.15) is 13.2 Å². The Balaban J connectivity index is 4.91. The zero-order chi connectivity index (χ0) is 22.2. The number of methoxy groups -OCH3 is 1. The van der Waals surface area contributed by atoms with Crippen LogP contribution in [-0.2, 0) is 18.9 Å². The van der Waals surface area contributed by atoms with E-state index in [1.807, 2.05) is 0 Å². The van der Waals surface area contributed by atoms with Gasteiger partial charge in [-0.3, -0.25) is 0 Å². The summed E-state index contributed by atoms with van der Waals surface area (Å²) in [5, 5.41) is 0. The molecule has 0 aromatic heterocycles. The van der Waals surface area contributed by atoms with Crippen molar-refractivity contribution in [2.75, 3.05) is 33.5 Å². The van der Waals surface area contributed by atoms with Gasteiger partial charge in [0.2, 0.25) is 0 Å². The van der Waals surface area contributed by atoms with Crippen LogP contribution in [0, 0.1) is 0 Å². The van der Waals surface area contributed by atoms with Gasteiger partial charge in [0.05, 0.1) is 6.10 Å². The standard InChI is InChI=1S/C16H26F8O4/c1-11(2)27-9-13(17,18)15(21,22)16(23,24)14(19,20)10-28-12(3)26-8-6-5-7-25-4/h11-12H,5-10H2,1-4H3. The number of hydrogen-bond acceptors (Lipinski definition) is 4. The molecular formula is C16H26F8O4. The topological polar surface area (TPSA) is 36.9 Å². The number of halogens is 8. The molecule has 1 atom stereocenters. The minimum atomic E-state index is -6.40. The van der Waals surface area contributed by atoms with Crippen molar-refractivity contribution < 1.29 is 54.1 Å². The molecule has 0 aliphatic rings. The fourth-order valence-electron chi connectivity index (χ4n) is 1.78. The van der Waals surface area contributed by atoms with Crippen molar-refractivity contribution in [1.82, 2.24) is 0 Å². The maximum atomic E-state index is 13.7. The van der Waals surface area contributed by atoms with Gasteiger partial charge in [-0.2, -0.15) is 35.1 Å². The van der Waals surface area contributed by atoms with Crippen molar-refractivity contribution in [3.63, 3.8) is 0 Å². The van der Waals surface area contributed by atoms with E-state index in [9.17, 15) is 35.1 Å². The Morgan fingerprint density at radius 3 is 1.50 bits per heavy atom. The van der Waals surface area contributed by atoms with Gasteiger partial charge in [-0.25, -0.2) is 0 Å². The minimum Gasteiger partial charge on any atom is -0.385 e. The molecule has 4 nitrogen and oxygen atoms in total. The third-order valence-electron chi connectivity index (χ3n) is 3.51. The van der Waals surface area contributed by atoms with Crippen LogP contribution in [-0.4, -0.2) is 69.6 Å². The molecule has 0 amide bonds. The van der Waals surface area contributed by atoms with E-state index in [1.54, 1.807) is 0 Å². The Hall–Kier alpha value is -0.720. The molecule has 0 spiro atoms. The van der Waals surface area contributed by atoms with Crippen LogP contribution in [0.1, 0.15) is 33.6 Å². The lowest BCUT2D eigenvalue weighted by molar-refractivity contribution is -0.380. The lowest BCUT2D eigenvalue weighted by Crippen LogP contribution is -2.64. The quantitative estimate of drug-likeness (QED) is 0.212. The van der Waals surface area contributed by atoms with Crippen molar-refractivity contribution in [2.45, 2.75) is 69.7 Å². The molecule has 0 heterocycles. The van der Waals surface area contributed by atoms with Crippen molar-refractivity contribution >= 4 is 0 Å². The summed E-state index contributed by atoms with van der Waals surface area (Å²) < 4.78 is 127. The number of hydrogen-bond donors (Lipinski definition) is 0. The second-order valence-electron chi connectivity index (χ2n) is 6.37. The first kappa shape index (κ1) is 27.3. The lowest BCUT2D eigenvalue weighted by atomic mass is 9.99. The molecule has 0 saturated heterocycles. The summed E-state index contributed by atoms with van der Waals surface area (Å²) in [6, 6.07) is 0. The minimum absolute atomic E-state index is 0.00721. The van der Waals surface area contributed by atoms with Gasteiger partial charge in [0.25, 0.3) is 0 Å². The van der Waals surface area contributed by atoms with E-state index in [4.69, 9.17) is 9.47 Å². The van der Waals surface area contributed by atoms with E-state index in [0.29, 0.717) is 19.4 Å². The van der Waals surface area contributed by atoms with Crippen LogP contribution in [0.4, 0.5) is 35.1 Å². The van der Waals surface area contributed by atoms with Gasteiger partial charge >= 0.3 is 23.7 Å². The number of unbranched alkanes of at least 4 members (excludes halogenated alkanes) is 1. The van der Waals surface area contributed by atoms with E-state index in [-0.39, 0.29) is 6.61 Å². The SMILES string of the molecule is COCCCCOC(C)OCC(F)(F)C(F)(F)C(F)(F)C(F)(F)COC(C)C. The number of rotatable bonds is 15. The number of alkyl halides is 8. The van der Waals surface area contributed by atoms with Gasteiger partial charge in [-0.15, -0.1) is 0 Å². The van der Waals surface area contributed by atoms with Crippen LogP contribution in [0.5, 0.6) is 0 Å². The van der Waals surface area contributed by atoms with Crippen LogP contribution in [0.15, 0.2) is 0 Å². The second-order valence-corrected chi connectivity index (χ2v) is 6.37. The zero-order valence-electron chi connectivity index (χ0n) is 16.1. The van der Waals surface area contributed by atoms with E-state index in [0.717, 1.165) is 6.92 Å². The van der Waals surface area contributed by atoms with Crippen LogP contribution in [0.2, 0.25) is 0 Å². The lowest BCUT2D eigenvalue weighted by Gasteiger charge is -2.37. The van der Waals surface area contributed by atoms with Crippen LogP contribution < -0.4 is 0 Å². The smallest absolute Gasteiger partial charge is 0.380 e. The fraction of sp³-hybridized carbons (Fsp3) is 1.00. The molecule has 0 aromatic carbocycles. The van der Waals surface area contributed by atoms with Gasteiger partial charge in [0.15, 0.2) is 6.29 Å². The molecule has 28 heavy (non-hydrogen) atoms. The molecule has 0 aliphatic carbocycles. The Kier molecular flexibility index (Phi) is 10.6. The summed E-state index contributed by atoms with van der Waals surface area (Å²) >= 11 is 0. The Morgan fingerprint density at radius 1 is 0.643 bits per heavy atom.